The number of nitrogen functional groups attached to an aromatic ring is 1. The molecule has 2 aromatic heterocycles. The maximum atomic E-state index is 5.83. The Morgan fingerprint density at radius 2 is 1.80 bits per heavy atom. The van der Waals surface area contributed by atoms with E-state index in [0.29, 0.717) is 17.5 Å². The average Bonchev–Trinajstić information content (AvgIpc) is 3.06. The number of aromatic nitrogens is 3. The van der Waals surface area contributed by atoms with Crippen LogP contribution in [-0.2, 0) is 0 Å². The molecule has 0 atom stereocenters. The van der Waals surface area contributed by atoms with Gasteiger partial charge < -0.3 is 20.2 Å². The van der Waals surface area contributed by atoms with Crippen LogP contribution in [0.4, 0.5) is 17.6 Å². The Morgan fingerprint density at radius 3 is 2.56 bits per heavy atom. The molecule has 0 saturated heterocycles. The van der Waals surface area contributed by atoms with Gasteiger partial charge >= 0.3 is 0 Å². The van der Waals surface area contributed by atoms with Gasteiger partial charge in [0.2, 0.25) is 17.7 Å². The summed E-state index contributed by atoms with van der Waals surface area (Å²) in [5.41, 5.74) is 7.40. The second kappa shape index (κ2) is 6.12. The van der Waals surface area contributed by atoms with E-state index in [9.17, 15) is 0 Å². The van der Waals surface area contributed by atoms with E-state index in [0.717, 1.165) is 22.4 Å². The van der Waals surface area contributed by atoms with Crippen LogP contribution in [0.25, 0.3) is 22.6 Å². The predicted octanol–water partition coefficient (Wildman–Crippen LogP) is 3.62. The van der Waals surface area contributed by atoms with Crippen molar-refractivity contribution in [2.45, 2.75) is 0 Å². The number of rotatable bonds is 4. The van der Waals surface area contributed by atoms with Crippen molar-refractivity contribution in [2.24, 2.45) is 0 Å². The summed E-state index contributed by atoms with van der Waals surface area (Å²) in [5.74, 6) is 2.13. The first-order valence-electron chi connectivity index (χ1n) is 7.63. The first-order valence-corrected chi connectivity index (χ1v) is 7.63. The molecule has 0 aliphatic carbocycles. The van der Waals surface area contributed by atoms with Crippen molar-refractivity contribution in [2.75, 3.05) is 18.2 Å². The number of fused-ring (bicyclic) bond motifs is 1. The fraction of sp³-hybridized carbons (Fsp3) is 0.0556. The summed E-state index contributed by atoms with van der Waals surface area (Å²) in [5, 5.41) is 4.07. The fourth-order valence-electron chi connectivity index (χ4n) is 2.45. The molecule has 124 valence electrons. The van der Waals surface area contributed by atoms with Gasteiger partial charge in [-0.3, -0.25) is 0 Å². The molecule has 4 rings (SSSR count). The molecule has 3 N–H and O–H groups in total. The summed E-state index contributed by atoms with van der Waals surface area (Å²) in [4.78, 5) is 12.7. The Morgan fingerprint density at radius 1 is 1.00 bits per heavy atom. The normalized spacial score (nSPS) is 10.8. The lowest BCUT2D eigenvalue weighted by Crippen LogP contribution is -2.04. The second-order valence-electron chi connectivity index (χ2n) is 5.34. The van der Waals surface area contributed by atoms with Gasteiger partial charge in [0.25, 0.3) is 0 Å². The Labute approximate surface area is 143 Å². The van der Waals surface area contributed by atoms with Gasteiger partial charge in [0, 0.05) is 11.1 Å². The summed E-state index contributed by atoms with van der Waals surface area (Å²) in [6, 6.07) is 17.0. The highest BCUT2D eigenvalue weighted by Crippen LogP contribution is 2.26. The molecule has 0 radical (unpaired) electrons. The lowest BCUT2D eigenvalue weighted by atomic mass is 10.2. The second-order valence-corrected chi connectivity index (χ2v) is 5.34. The van der Waals surface area contributed by atoms with Crippen LogP contribution in [0.5, 0.6) is 5.75 Å². The van der Waals surface area contributed by atoms with Crippen molar-refractivity contribution in [1.29, 1.82) is 0 Å². The average molecular weight is 333 g/mol. The van der Waals surface area contributed by atoms with Gasteiger partial charge in [-0.1, -0.05) is 18.2 Å². The van der Waals surface area contributed by atoms with Gasteiger partial charge in [0.1, 0.15) is 11.3 Å². The number of methoxy groups -OCH3 is 1. The first-order chi connectivity index (χ1) is 12.2. The SMILES string of the molecule is COc1ccc(Nc2nc(N)nc(-c3cc4ccccc4o3)n2)cc1. The van der Waals surface area contributed by atoms with Crippen LogP contribution in [0.2, 0.25) is 0 Å². The van der Waals surface area contributed by atoms with Crippen LogP contribution in [0.3, 0.4) is 0 Å². The van der Waals surface area contributed by atoms with Crippen molar-refractivity contribution in [1.82, 2.24) is 15.0 Å². The summed E-state index contributed by atoms with van der Waals surface area (Å²) >= 11 is 0. The number of nitrogens with one attached hydrogen (secondary N) is 1. The van der Waals surface area contributed by atoms with Crippen LogP contribution < -0.4 is 15.8 Å². The molecule has 0 saturated carbocycles. The molecule has 0 unspecified atom stereocenters. The summed E-state index contributed by atoms with van der Waals surface area (Å²) in [6.07, 6.45) is 0. The zero-order valence-corrected chi connectivity index (χ0v) is 13.4. The molecule has 7 heteroatoms. The van der Waals surface area contributed by atoms with E-state index < -0.39 is 0 Å². The van der Waals surface area contributed by atoms with Crippen molar-refractivity contribution < 1.29 is 9.15 Å². The number of nitrogens with zero attached hydrogens (tertiary/aromatic N) is 3. The molecule has 0 aliphatic rings. The van der Waals surface area contributed by atoms with Gasteiger partial charge in [-0.2, -0.15) is 15.0 Å². The zero-order valence-electron chi connectivity index (χ0n) is 13.4. The third-order valence-corrected chi connectivity index (χ3v) is 3.64. The van der Waals surface area contributed by atoms with Crippen molar-refractivity contribution in [3.63, 3.8) is 0 Å². The smallest absolute Gasteiger partial charge is 0.232 e. The molecule has 4 aromatic rings. The molecular formula is C18H15N5O2. The number of nitrogens with two attached hydrogens (primary N) is 1. The largest absolute Gasteiger partial charge is 0.497 e. The van der Waals surface area contributed by atoms with E-state index >= 15 is 0 Å². The highest BCUT2D eigenvalue weighted by Gasteiger charge is 2.12. The fourth-order valence-corrected chi connectivity index (χ4v) is 2.45. The maximum Gasteiger partial charge on any atom is 0.232 e. The van der Waals surface area contributed by atoms with Gasteiger partial charge in [0.15, 0.2) is 5.76 Å². The Balaban J connectivity index is 1.67. The Kier molecular flexibility index (Phi) is 3.66. The van der Waals surface area contributed by atoms with E-state index in [2.05, 4.69) is 20.3 Å². The molecule has 0 spiro atoms. The molecule has 2 aromatic carbocycles. The molecule has 7 nitrogen and oxygen atoms in total. The van der Waals surface area contributed by atoms with E-state index in [1.165, 1.54) is 0 Å². The van der Waals surface area contributed by atoms with Crippen LogP contribution in [0.1, 0.15) is 0 Å². The number of hydrogen-bond acceptors (Lipinski definition) is 7. The van der Waals surface area contributed by atoms with Gasteiger partial charge in [-0.05, 0) is 36.4 Å². The van der Waals surface area contributed by atoms with Crippen LogP contribution in [-0.4, -0.2) is 22.1 Å². The van der Waals surface area contributed by atoms with Gasteiger partial charge in [-0.25, -0.2) is 0 Å². The molecule has 0 bridgehead atoms. The van der Waals surface area contributed by atoms with Gasteiger partial charge in [-0.15, -0.1) is 0 Å². The van der Waals surface area contributed by atoms with Crippen LogP contribution >= 0.6 is 0 Å². The predicted molar refractivity (Wildman–Crippen MR) is 95.7 cm³/mol. The Hall–Kier alpha value is -3.61. The van der Waals surface area contributed by atoms with E-state index in [-0.39, 0.29) is 5.95 Å². The number of furan rings is 1. The standard InChI is InChI=1S/C18H15N5O2/c1-24-13-8-6-12(7-9-13)20-18-22-16(21-17(19)23-18)15-10-11-4-2-3-5-14(11)25-15/h2-10H,1H3,(H3,19,20,21,22,23). The van der Waals surface area contributed by atoms with E-state index in [1.54, 1.807) is 7.11 Å². The van der Waals surface area contributed by atoms with Crippen molar-refractivity contribution >= 4 is 28.6 Å². The number of anilines is 3. The minimum atomic E-state index is 0.112. The number of benzene rings is 2. The lowest BCUT2D eigenvalue weighted by molar-refractivity contribution is 0.415. The molecular weight excluding hydrogens is 318 g/mol. The van der Waals surface area contributed by atoms with Crippen molar-refractivity contribution in [3.05, 3.63) is 54.6 Å². The maximum absolute atomic E-state index is 5.83. The van der Waals surface area contributed by atoms with Gasteiger partial charge in [0.05, 0.1) is 7.11 Å². The van der Waals surface area contributed by atoms with E-state index in [4.69, 9.17) is 14.9 Å². The first kappa shape index (κ1) is 14.9. The molecule has 0 fully saturated rings. The highest BCUT2D eigenvalue weighted by molar-refractivity contribution is 5.81. The van der Waals surface area contributed by atoms with Crippen molar-refractivity contribution in [3.8, 4) is 17.3 Å². The molecule has 0 aliphatic heterocycles. The number of ether oxygens (including phenoxy) is 1. The lowest BCUT2D eigenvalue weighted by Gasteiger charge is -2.07. The molecule has 25 heavy (non-hydrogen) atoms. The van der Waals surface area contributed by atoms with Crippen LogP contribution in [0.15, 0.2) is 59.0 Å². The highest BCUT2D eigenvalue weighted by atomic mass is 16.5. The minimum Gasteiger partial charge on any atom is -0.497 e. The summed E-state index contributed by atoms with van der Waals surface area (Å²) < 4.78 is 10.9. The molecule has 2 heterocycles. The third kappa shape index (κ3) is 3.07. The Bertz CT molecular complexity index is 994. The number of hydrogen-bond donors (Lipinski definition) is 2. The topological polar surface area (TPSA) is 99.1 Å². The van der Waals surface area contributed by atoms with E-state index in [1.807, 2.05) is 54.6 Å². The zero-order chi connectivity index (χ0) is 17.2. The number of para-hydroxylation sites is 1. The molecule has 0 amide bonds. The third-order valence-electron chi connectivity index (χ3n) is 3.64. The quantitative estimate of drug-likeness (QED) is 0.588. The minimum absolute atomic E-state index is 0.112. The summed E-state index contributed by atoms with van der Waals surface area (Å²) in [7, 11) is 1.62. The van der Waals surface area contributed by atoms with Crippen LogP contribution in [0, 0.1) is 0 Å². The summed E-state index contributed by atoms with van der Waals surface area (Å²) in [6.45, 7) is 0. The monoisotopic (exact) mass is 333 g/mol.